The zero-order valence-corrected chi connectivity index (χ0v) is 12.7. The lowest BCUT2D eigenvalue weighted by Crippen LogP contribution is -2.50. The number of thiocarbonyl (C=S) groups is 1. The fourth-order valence-corrected chi connectivity index (χ4v) is 1.96. The largest absolute Gasteiger partial charge is 0.287 e. The van der Waals surface area contributed by atoms with Crippen LogP contribution in [0.4, 0.5) is 0 Å². The number of nitrogens with zero attached hydrogens (tertiary/aromatic N) is 2. The van der Waals surface area contributed by atoms with E-state index in [1.807, 2.05) is 24.3 Å². The highest BCUT2D eigenvalue weighted by atomic mass is 79.9. The summed E-state index contributed by atoms with van der Waals surface area (Å²) in [6, 6.07) is 10.5. The number of hydrazine groups is 2. The third kappa shape index (κ3) is 3.60. The first kappa shape index (κ1) is 14.6. The Kier molecular flexibility index (Phi) is 4.78. The molecule has 5 nitrogen and oxygen atoms in total. The first-order chi connectivity index (χ1) is 9.58. The van der Waals surface area contributed by atoms with Gasteiger partial charge in [0.2, 0.25) is 0 Å². The first-order valence-corrected chi connectivity index (χ1v) is 6.84. The van der Waals surface area contributed by atoms with Crippen LogP contribution >= 0.6 is 28.1 Å². The molecular formula is C13H11BrN4OS. The van der Waals surface area contributed by atoms with Crippen LogP contribution in [0.1, 0.15) is 15.9 Å². The van der Waals surface area contributed by atoms with Crippen molar-refractivity contribution in [1.82, 2.24) is 15.5 Å². The van der Waals surface area contributed by atoms with Crippen molar-refractivity contribution in [2.75, 3.05) is 0 Å². The number of amides is 1. The maximum atomic E-state index is 12.0. The van der Waals surface area contributed by atoms with E-state index in [1.54, 1.807) is 12.1 Å². The van der Waals surface area contributed by atoms with Crippen LogP contribution in [0.5, 0.6) is 0 Å². The van der Waals surface area contributed by atoms with Gasteiger partial charge in [-0.25, -0.2) is 5.84 Å². The van der Waals surface area contributed by atoms with E-state index in [0.717, 1.165) is 15.2 Å². The molecule has 3 N–H and O–H groups in total. The normalized spacial score (nSPS) is 9.90. The minimum Gasteiger partial charge on any atom is -0.270 e. The average molecular weight is 351 g/mol. The summed E-state index contributed by atoms with van der Waals surface area (Å²) in [5.41, 5.74) is 3.86. The van der Waals surface area contributed by atoms with Crippen LogP contribution in [0.3, 0.4) is 0 Å². The Hall–Kier alpha value is -1.83. The first-order valence-electron chi connectivity index (χ1n) is 5.63. The predicted octanol–water partition coefficient (Wildman–Crippen LogP) is 2.04. The molecule has 0 aliphatic rings. The molecule has 1 aromatic heterocycles. The molecule has 0 aliphatic carbocycles. The Balaban J connectivity index is 2.04. The van der Waals surface area contributed by atoms with Crippen molar-refractivity contribution in [1.29, 1.82) is 0 Å². The highest BCUT2D eigenvalue weighted by Crippen LogP contribution is 2.11. The van der Waals surface area contributed by atoms with Crippen molar-refractivity contribution in [3.8, 4) is 0 Å². The lowest BCUT2D eigenvalue weighted by Gasteiger charge is -2.19. The molecule has 20 heavy (non-hydrogen) atoms. The quantitative estimate of drug-likeness (QED) is 0.375. The molecule has 0 aliphatic heterocycles. The third-order valence-electron chi connectivity index (χ3n) is 2.47. The number of hydrogen-bond donors (Lipinski definition) is 2. The summed E-state index contributed by atoms with van der Waals surface area (Å²) in [5.74, 6) is 5.28. The highest BCUT2D eigenvalue weighted by molar-refractivity contribution is 9.10. The summed E-state index contributed by atoms with van der Waals surface area (Å²) in [5, 5.41) is 0.861. The summed E-state index contributed by atoms with van der Waals surface area (Å²) >= 11 is 8.54. The van der Waals surface area contributed by atoms with Gasteiger partial charge in [0.25, 0.3) is 5.91 Å². The summed E-state index contributed by atoms with van der Waals surface area (Å²) in [4.78, 5) is 16.2. The van der Waals surface area contributed by atoms with E-state index < -0.39 is 5.91 Å². The van der Waals surface area contributed by atoms with Crippen LogP contribution in [0.2, 0.25) is 0 Å². The van der Waals surface area contributed by atoms with E-state index in [9.17, 15) is 4.79 Å². The topological polar surface area (TPSA) is 71.2 Å². The number of rotatable bonds is 2. The number of benzene rings is 1. The van der Waals surface area contributed by atoms with Gasteiger partial charge in [0.1, 0.15) is 4.99 Å². The fourth-order valence-electron chi connectivity index (χ4n) is 1.46. The van der Waals surface area contributed by atoms with Crippen LogP contribution < -0.4 is 11.3 Å². The molecule has 0 spiro atoms. The van der Waals surface area contributed by atoms with Crippen LogP contribution in [0.15, 0.2) is 53.3 Å². The van der Waals surface area contributed by atoms with Crippen molar-refractivity contribution in [3.63, 3.8) is 0 Å². The standard InChI is InChI=1S/C13H11BrN4OS/c14-11-3-1-9(2-4-11)12(20)17-18(15)13(19)10-5-7-16-8-6-10/h1-8H,15H2,(H,17,20). The van der Waals surface area contributed by atoms with Gasteiger partial charge in [-0.3, -0.25) is 15.2 Å². The minimum atomic E-state index is -0.396. The molecular weight excluding hydrogens is 340 g/mol. The molecule has 0 fully saturated rings. The van der Waals surface area contributed by atoms with E-state index in [0.29, 0.717) is 10.6 Å². The van der Waals surface area contributed by atoms with Crippen LogP contribution in [-0.2, 0) is 0 Å². The molecule has 0 radical (unpaired) electrons. The third-order valence-corrected chi connectivity index (χ3v) is 3.33. The Morgan fingerprint density at radius 1 is 1.15 bits per heavy atom. The number of nitrogens with one attached hydrogen (secondary N) is 1. The molecule has 102 valence electrons. The van der Waals surface area contributed by atoms with Gasteiger partial charge in [-0.15, -0.1) is 0 Å². The maximum Gasteiger partial charge on any atom is 0.287 e. The van der Waals surface area contributed by atoms with Crippen molar-refractivity contribution in [2.24, 2.45) is 5.84 Å². The van der Waals surface area contributed by atoms with Gasteiger partial charge in [0.15, 0.2) is 0 Å². The van der Waals surface area contributed by atoms with Crippen molar-refractivity contribution < 1.29 is 4.79 Å². The monoisotopic (exact) mass is 350 g/mol. The van der Waals surface area contributed by atoms with Crippen molar-refractivity contribution in [2.45, 2.75) is 0 Å². The second-order valence-electron chi connectivity index (χ2n) is 3.86. The van der Waals surface area contributed by atoms with E-state index >= 15 is 0 Å². The molecule has 1 amide bonds. The van der Waals surface area contributed by atoms with E-state index in [1.165, 1.54) is 12.4 Å². The zero-order chi connectivity index (χ0) is 14.5. The Labute approximate surface area is 129 Å². The van der Waals surface area contributed by atoms with Gasteiger partial charge in [0.05, 0.1) is 0 Å². The van der Waals surface area contributed by atoms with Crippen molar-refractivity contribution >= 4 is 39.0 Å². The molecule has 0 unspecified atom stereocenters. The maximum absolute atomic E-state index is 12.0. The van der Waals surface area contributed by atoms with Gasteiger partial charge >= 0.3 is 0 Å². The second-order valence-corrected chi connectivity index (χ2v) is 5.18. The number of aromatic nitrogens is 1. The van der Waals surface area contributed by atoms with E-state index in [4.69, 9.17) is 18.1 Å². The van der Waals surface area contributed by atoms with Gasteiger partial charge in [-0.05, 0) is 24.3 Å². The van der Waals surface area contributed by atoms with Gasteiger partial charge in [-0.1, -0.05) is 40.3 Å². The second kappa shape index (κ2) is 6.56. The summed E-state index contributed by atoms with van der Waals surface area (Å²) < 4.78 is 0.946. The lowest BCUT2D eigenvalue weighted by molar-refractivity contribution is 0.0712. The minimum absolute atomic E-state index is 0.363. The molecule has 7 heteroatoms. The Morgan fingerprint density at radius 2 is 1.75 bits per heavy atom. The fraction of sp³-hybridized carbons (Fsp3) is 0. The van der Waals surface area contributed by atoms with Crippen molar-refractivity contribution in [3.05, 3.63) is 64.4 Å². The summed E-state index contributed by atoms with van der Waals surface area (Å²) in [6.07, 6.45) is 3.04. The average Bonchev–Trinajstić information content (AvgIpc) is 2.48. The molecule has 0 saturated heterocycles. The number of pyridine rings is 1. The SMILES string of the molecule is NN(NC(=S)c1ccc(Br)cc1)C(=O)c1ccncc1. The molecule has 1 aromatic carbocycles. The molecule has 2 aromatic rings. The van der Waals surface area contributed by atoms with E-state index in [2.05, 4.69) is 26.3 Å². The molecule has 1 heterocycles. The number of halogens is 1. The van der Waals surface area contributed by atoms with Crippen LogP contribution in [0, 0.1) is 0 Å². The summed E-state index contributed by atoms with van der Waals surface area (Å²) in [7, 11) is 0. The van der Waals surface area contributed by atoms with Gasteiger partial charge in [-0.2, -0.15) is 5.12 Å². The molecule has 0 bridgehead atoms. The Morgan fingerprint density at radius 3 is 2.35 bits per heavy atom. The summed E-state index contributed by atoms with van der Waals surface area (Å²) in [6.45, 7) is 0. The molecule has 0 atom stereocenters. The number of nitrogens with two attached hydrogens (primary N) is 1. The lowest BCUT2D eigenvalue weighted by atomic mass is 10.2. The van der Waals surface area contributed by atoms with Gasteiger partial charge in [0, 0.05) is 28.0 Å². The van der Waals surface area contributed by atoms with Crippen LogP contribution in [0.25, 0.3) is 0 Å². The highest BCUT2D eigenvalue weighted by Gasteiger charge is 2.13. The number of hydrogen-bond acceptors (Lipinski definition) is 4. The van der Waals surface area contributed by atoms with Gasteiger partial charge < -0.3 is 0 Å². The Bertz CT molecular complexity index is 618. The van der Waals surface area contributed by atoms with E-state index in [-0.39, 0.29) is 0 Å². The number of carbonyl (C=O) groups is 1. The predicted molar refractivity (Wildman–Crippen MR) is 83.6 cm³/mol. The molecule has 0 saturated carbocycles. The van der Waals surface area contributed by atoms with Crippen LogP contribution in [-0.4, -0.2) is 21.0 Å². The number of carbonyl (C=O) groups excluding carboxylic acids is 1. The smallest absolute Gasteiger partial charge is 0.270 e. The zero-order valence-electron chi connectivity index (χ0n) is 10.3. The molecule has 2 rings (SSSR count).